The zero-order valence-corrected chi connectivity index (χ0v) is 6.32. The molecule has 0 nitrogen and oxygen atoms in total. The second-order valence-corrected chi connectivity index (χ2v) is 4.14. The molecule has 0 radical (unpaired) electrons. The molecule has 0 aromatic rings. The quantitative estimate of drug-likeness (QED) is 0.465. The van der Waals surface area contributed by atoms with Crippen LogP contribution in [-0.2, 0) is 0 Å². The first-order valence-electron chi connectivity index (χ1n) is 4.31. The third-order valence-electron chi connectivity index (χ3n) is 3.60. The Kier molecular flexibility index (Phi) is 1.12. The molecule has 2 rings (SSSR count). The molecule has 0 heteroatoms. The van der Waals surface area contributed by atoms with Crippen LogP contribution in [0, 0.1) is 11.3 Å². The molecule has 0 aromatic carbocycles. The normalized spacial score (nSPS) is 49.7. The van der Waals surface area contributed by atoms with Gasteiger partial charge in [0.25, 0.3) is 0 Å². The average molecular weight is 124 g/mol. The minimum Gasteiger partial charge on any atom is -0.0594 e. The summed E-state index contributed by atoms with van der Waals surface area (Å²) in [4.78, 5) is 0. The molecule has 2 aliphatic carbocycles. The van der Waals surface area contributed by atoms with E-state index in [1.165, 1.54) is 38.5 Å². The number of hydrogen-bond acceptors (Lipinski definition) is 0. The van der Waals surface area contributed by atoms with E-state index in [0.717, 1.165) is 11.3 Å². The van der Waals surface area contributed by atoms with E-state index in [0.29, 0.717) is 0 Å². The standard InChI is InChI=1S/C9H16/c1-9-6-3-2-4-8(9)5-7-9/h8H,2-7H2,1H3/t8-,9+/m1/s1. The van der Waals surface area contributed by atoms with E-state index in [2.05, 4.69) is 6.92 Å². The molecule has 9 heavy (non-hydrogen) atoms. The van der Waals surface area contributed by atoms with Gasteiger partial charge in [-0.2, -0.15) is 0 Å². The minimum absolute atomic E-state index is 0.818. The molecule has 2 aliphatic rings. The van der Waals surface area contributed by atoms with Gasteiger partial charge < -0.3 is 0 Å². The van der Waals surface area contributed by atoms with Crippen LogP contribution < -0.4 is 0 Å². The molecule has 2 saturated carbocycles. The highest BCUT2D eigenvalue weighted by atomic mass is 14.5. The van der Waals surface area contributed by atoms with Crippen LogP contribution in [-0.4, -0.2) is 0 Å². The van der Waals surface area contributed by atoms with Gasteiger partial charge in [-0.3, -0.25) is 0 Å². The van der Waals surface area contributed by atoms with Gasteiger partial charge in [0.15, 0.2) is 0 Å². The molecule has 0 spiro atoms. The van der Waals surface area contributed by atoms with Crippen LogP contribution in [0.15, 0.2) is 0 Å². The van der Waals surface area contributed by atoms with Crippen molar-refractivity contribution in [1.82, 2.24) is 0 Å². The fraction of sp³-hybridized carbons (Fsp3) is 1.00. The number of hydrogen-bond donors (Lipinski definition) is 0. The van der Waals surface area contributed by atoms with Gasteiger partial charge in [0, 0.05) is 0 Å². The molecule has 52 valence electrons. The second kappa shape index (κ2) is 1.74. The maximum atomic E-state index is 2.49. The van der Waals surface area contributed by atoms with E-state index in [4.69, 9.17) is 0 Å². The topological polar surface area (TPSA) is 0 Å². The van der Waals surface area contributed by atoms with Crippen molar-refractivity contribution < 1.29 is 0 Å². The maximum Gasteiger partial charge on any atom is -0.0297 e. The van der Waals surface area contributed by atoms with Crippen molar-refractivity contribution in [3.8, 4) is 0 Å². The lowest BCUT2D eigenvalue weighted by Gasteiger charge is -2.50. The molecule has 0 aliphatic heterocycles. The minimum atomic E-state index is 0.818. The zero-order valence-electron chi connectivity index (χ0n) is 6.32. The summed E-state index contributed by atoms with van der Waals surface area (Å²) in [5.41, 5.74) is 0.818. The van der Waals surface area contributed by atoms with Gasteiger partial charge in [-0.05, 0) is 37.0 Å². The summed E-state index contributed by atoms with van der Waals surface area (Å²) in [6.07, 6.45) is 9.15. The van der Waals surface area contributed by atoms with Crippen molar-refractivity contribution in [3.63, 3.8) is 0 Å². The Hall–Kier alpha value is 0. The van der Waals surface area contributed by atoms with Crippen LogP contribution in [0.3, 0.4) is 0 Å². The van der Waals surface area contributed by atoms with Crippen LogP contribution in [0.25, 0.3) is 0 Å². The fourth-order valence-electron chi connectivity index (χ4n) is 2.58. The molecule has 0 N–H and O–H groups in total. The van der Waals surface area contributed by atoms with E-state index in [-0.39, 0.29) is 0 Å². The molecule has 0 saturated heterocycles. The predicted octanol–water partition coefficient (Wildman–Crippen LogP) is 2.98. The van der Waals surface area contributed by atoms with Gasteiger partial charge in [0.2, 0.25) is 0 Å². The Morgan fingerprint density at radius 1 is 1.11 bits per heavy atom. The van der Waals surface area contributed by atoms with Gasteiger partial charge in [0.1, 0.15) is 0 Å². The number of rotatable bonds is 0. The first-order chi connectivity index (χ1) is 4.31. The van der Waals surface area contributed by atoms with Gasteiger partial charge in [-0.15, -0.1) is 0 Å². The van der Waals surface area contributed by atoms with Crippen LogP contribution in [0.1, 0.15) is 45.4 Å². The van der Waals surface area contributed by atoms with Crippen molar-refractivity contribution >= 4 is 0 Å². The van der Waals surface area contributed by atoms with Crippen LogP contribution in [0.2, 0.25) is 0 Å². The molecule has 0 aromatic heterocycles. The molecular formula is C9H16. The highest BCUT2D eigenvalue weighted by molar-refractivity contribution is 4.94. The summed E-state index contributed by atoms with van der Waals surface area (Å²) in [5, 5.41) is 0. The van der Waals surface area contributed by atoms with E-state index >= 15 is 0 Å². The van der Waals surface area contributed by atoms with Crippen molar-refractivity contribution in [3.05, 3.63) is 0 Å². The molecule has 0 heterocycles. The largest absolute Gasteiger partial charge is 0.0594 e. The van der Waals surface area contributed by atoms with Crippen molar-refractivity contribution in [2.75, 3.05) is 0 Å². The summed E-state index contributed by atoms with van der Waals surface area (Å²) in [6, 6.07) is 0. The van der Waals surface area contributed by atoms with E-state index in [1.807, 2.05) is 0 Å². The van der Waals surface area contributed by atoms with E-state index in [1.54, 1.807) is 0 Å². The predicted molar refractivity (Wildman–Crippen MR) is 39.3 cm³/mol. The first-order valence-corrected chi connectivity index (χ1v) is 4.31. The van der Waals surface area contributed by atoms with Gasteiger partial charge >= 0.3 is 0 Å². The summed E-state index contributed by atoms with van der Waals surface area (Å²) in [7, 11) is 0. The van der Waals surface area contributed by atoms with Crippen molar-refractivity contribution in [2.45, 2.75) is 45.4 Å². The van der Waals surface area contributed by atoms with Gasteiger partial charge in [-0.1, -0.05) is 19.8 Å². The molecule has 0 unspecified atom stereocenters. The zero-order chi connectivity index (χ0) is 6.32. The fourth-order valence-corrected chi connectivity index (χ4v) is 2.58. The Labute approximate surface area is 57.6 Å². The summed E-state index contributed by atoms with van der Waals surface area (Å²) in [6.45, 7) is 2.49. The lowest BCUT2D eigenvalue weighted by atomic mass is 9.55. The van der Waals surface area contributed by atoms with Crippen molar-refractivity contribution in [2.24, 2.45) is 11.3 Å². The van der Waals surface area contributed by atoms with Crippen LogP contribution >= 0.6 is 0 Å². The summed E-state index contributed by atoms with van der Waals surface area (Å²) < 4.78 is 0. The maximum absolute atomic E-state index is 2.49. The molecular weight excluding hydrogens is 108 g/mol. The van der Waals surface area contributed by atoms with E-state index in [9.17, 15) is 0 Å². The Bertz CT molecular complexity index is 117. The molecule has 2 fully saturated rings. The SMILES string of the molecule is C[C@@]12CCCC[C@@H]1CC2. The smallest absolute Gasteiger partial charge is 0.0297 e. The Morgan fingerprint density at radius 3 is 2.33 bits per heavy atom. The lowest BCUT2D eigenvalue weighted by molar-refractivity contribution is 0.00542. The summed E-state index contributed by atoms with van der Waals surface area (Å²) >= 11 is 0. The van der Waals surface area contributed by atoms with Gasteiger partial charge in [-0.25, -0.2) is 0 Å². The number of fused-ring (bicyclic) bond motifs is 1. The molecule has 0 bridgehead atoms. The van der Waals surface area contributed by atoms with Crippen LogP contribution in [0.4, 0.5) is 0 Å². The highest BCUT2D eigenvalue weighted by Gasteiger charge is 2.43. The molecule has 0 amide bonds. The molecule has 2 atom stereocenters. The third-order valence-corrected chi connectivity index (χ3v) is 3.60. The Balaban J connectivity index is 2.05. The van der Waals surface area contributed by atoms with Crippen molar-refractivity contribution in [1.29, 1.82) is 0 Å². The third kappa shape index (κ3) is 0.720. The first kappa shape index (κ1) is 5.76. The second-order valence-electron chi connectivity index (χ2n) is 4.14. The van der Waals surface area contributed by atoms with E-state index < -0.39 is 0 Å². The van der Waals surface area contributed by atoms with Gasteiger partial charge in [0.05, 0.1) is 0 Å². The monoisotopic (exact) mass is 124 g/mol. The van der Waals surface area contributed by atoms with Crippen LogP contribution in [0.5, 0.6) is 0 Å². The highest BCUT2D eigenvalue weighted by Crippen LogP contribution is 2.54. The lowest BCUT2D eigenvalue weighted by Crippen LogP contribution is -2.39. The summed E-state index contributed by atoms with van der Waals surface area (Å²) in [5.74, 6) is 1.13. The average Bonchev–Trinajstić information content (AvgIpc) is 1.82. The Morgan fingerprint density at radius 2 is 2.00 bits per heavy atom.